The minimum absolute atomic E-state index is 0. The first-order valence-electron chi connectivity index (χ1n) is 5.06. The van der Waals surface area contributed by atoms with Crippen molar-refractivity contribution in [3.05, 3.63) is 0 Å². The second-order valence-electron chi connectivity index (χ2n) is 4.31. The van der Waals surface area contributed by atoms with Crippen molar-refractivity contribution >= 4 is 5.97 Å². The van der Waals surface area contributed by atoms with E-state index in [1.54, 1.807) is 0 Å². The fourth-order valence-corrected chi connectivity index (χ4v) is 2.11. The van der Waals surface area contributed by atoms with Crippen LogP contribution in [0.15, 0.2) is 0 Å². The largest absolute Gasteiger partial charge is 1.00 e. The van der Waals surface area contributed by atoms with Crippen LogP contribution in [-0.2, 0) is 9.63 Å². The average Bonchev–Trinajstić information content (AvgIpc) is 2.04. The van der Waals surface area contributed by atoms with Crippen LogP contribution < -0.4 is 12.4 Å². The first kappa shape index (κ1) is 13.7. The van der Waals surface area contributed by atoms with Gasteiger partial charge in [-0.1, -0.05) is 6.42 Å². The quantitative estimate of drug-likeness (QED) is 0.436. The van der Waals surface area contributed by atoms with Crippen molar-refractivity contribution in [1.29, 1.82) is 0 Å². The maximum atomic E-state index is 10.9. The Morgan fingerprint density at radius 1 is 1.21 bits per heavy atom. The number of halogens is 1. The minimum atomic E-state index is -0.185. The highest BCUT2D eigenvalue weighted by Crippen LogP contribution is 2.25. The average molecular weight is 222 g/mol. The molecule has 0 amide bonds. The van der Waals surface area contributed by atoms with Crippen molar-refractivity contribution < 1.29 is 26.7 Å². The van der Waals surface area contributed by atoms with E-state index in [-0.39, 0.29) is 18.4 Å². The van der Waals surface area contributed by atoms with Gasteiger partial charge in [0.05, 0.1) is 0 Å². The van der Waals surface area contributed by atoms with Crippen LogP contribution in [0.4, 0.5) is 0 Å². The summed E-state index contributed by atoms with van der Waals surface area (Å²) in [5.74, 6) is -0.185. The van der Waals surface area contributed by atoms with Crippen molar-refractivity contribution in [3.63, 3.8) is 0 Å². The molecule has 14 heavy (non-hydrogen) atoms. The Bertz CT molecular complexity index is 189. The van der Waals surface area contributed by atoms with Gasteiger partial charge in [-0.3, -0.25) is 4.84 Å². The van der Waals surface area contributed by atoms with E-state index < -0.39 is 0 Å². The van der Waals surface area contributed by atoms with Crippen LogP contribution in [0.25, 0.3) is 0 Å². The molecule has 0 aromatic heterocycles. The second-order valence-corrected chi connectivity index (χ2v) is 4.31. The molecule has 0 atom stereocenters. The molecular weight excluding hydrogens is 202 g/mol. The molecule has 0 N–H and O–H groups in total. The summed E-state index contributed by atoms with van der Waals surface area (Å²) in [7, 11) is 3.94. The van der Waals surface area contributed by atoms with Crippen LogP contribution in [0.2, 0.25) is 0 Å². The zero-order valence-electron chi connectivity index (χ0n) is 9.25. The van der Waals surface area contributed by atoms with Gasteiger partial charge in [0.25, 0.3) is 0 Å². The zero-order valence-corrected chi connectivity index (χ0v) is 10.0. The Balaban J connectivity index is 0.00000169. The lowest BCUT2D eigenvalue weighted by atomic mass is 9.94. The molecule has 4 heteroatoms. The lowest BCUT2D eigenvalue weighted by molar-refractivity contribution is -1.08. The van der Waals surface area contributed by atoms with Crippen LogP contribution in [0.3, 0.4) is 0 Å². The molecule has 0 saturated heterocycles. The van der Waals surface area contributed by atoms with Crippen molar-refractivity contribution in [3.8, 4) is 0 Å². The summed E-state index contributed by atoms with van der Waals surface area (Å²) in [6, 6.07) is 0.498. The molecular formula is C10H20ClNO2. The predicted molar refractivity (Wildman–Crippen MR) is 50.7 cm³/mol. The van der Waals surface area contributed by atoms with E-state index in [9.17, 15) is 4.79 Å². The number of carbonyl (C=O) groups excluding carboxylic acids is 1. The first-order valence-corrected chi connectivity index (χ1v) is 5.06. The van der Waals surface area contributed by atoms with Crippen molar-refractivity contribution in [2.75, 3.05) is 14.1 Å². The first-order chi connectivity index (χ1) is 6.02. The van der Waals surface area contributed by atoms with Gasteiger partial charge in [0.15, 0.2) is 0 Å². The van der Waals surface area contributed by atoms with E-state index in [1.807, 2.05) is 14.1 Å². The number of hydrogen-bond acceptors (Lipinski definition) is 2. The molecule has 0 radical (unpaired) electrons. The van der Waals surface area contributed by atoms with Crippen LogP contribution in [0.1, 0.15) is 39.0 Å². The van der Waals surface area contributed by atoms with Crippen LogP contribution in [0.5, 0.6) is 0 Å². The Morgan fingerprint density at radius 3 is 2.14 bits per heavy atom. The highest BCUT2D eigenvalue weighted by Gasteiger charge is 2.33. The van der Waals surface area contributed by atoms with Crippen molar-refractivity contribution in [2.24, 2.45) is 0 Å². The SMILES string of the molecule is CC(=O)O[N+](C)(C)C1CCCCC1.[Cl-]. The molecule has 1 saturated carbocycles. The van der Waals surface area contributed by atoms with Gasteiger partial charge in [-0.15, -0.1) is 4.65 Å². The number of rotatable bonds is 2. The summed E-state index contributed by atoms with van der Waals surface area (Å²) in [6.45, 7) is 1.48. The summed E-state index contributed by atoms with van der Waals surface area (Å²) >= 11 is 0. The van der Waals surface area contributed by atoms with Crippen molar-refractivity contribution in [2.45, 2.75) is 45.1 Å². The minimum Gasteiger partial charge on any atom is -1.00 e. The lowest BCUT2D eigenvalue weighted by Crippen LogP contribution is -3.00. The highest BCUT2D eigenvalue weighted by molar-refractivity contribution is 5.65. The number of nitrogens with zero attached hydrogens (tertiary/aromatic N) is 1. The molecule has 0 aromatic carbocycles. The van der Waals surface area contributed by atoms with Gasteiger partial charge >= 0.3 is 5.97 Å². The monoisotopic (exact) mass is 221 g/mol. The molecule has 0 bridgehead atoms. The van der Waals surface area contributed by atoms with Crippen LogP contribution in [0, 0.1) is 0 Å². The fourth-order valence-electron chi connectivity index (χ4n) is 2.11. The third-order valence-corrected chi connectivity index (χ3v) is 2.82. The van der Waals surface area contributed by atoms with Crippen LogP contribution >= 0.6 is 0 Å². The van der Waals surface area contributed by atoms with Crippen molar-refractivity contribution in [1.82, 2.24) is 0 Å². The topological polar surface area (TPSA) is 26.3 Å². The molecule has 0 spiro atoms. The fraction of sp³-hybridized carbons (Fsp3) is 0.900. The van der Waals surface area contributed by atoms with Gasteiger partial charge in [0, 0.05) is 19.8 Å². The van der Waals surface area contributed by atoms with E-state index in [0.29, 0.717) is 10.7 Å². The molecule has 1 rings (SSSR count). The summed E-state index contributed by atoms with van der Waals surface area (Å²) in [6.07, 6.45) is 6.23. The Hall–Kier alpha value is -0.280. The van der Waals surface area contributed by atoms with E-state index in [1.165, 1.54) is 39.0 Å². The number of hydrogen-bond donors (Lipinski definition) is 0. The summed E-state index contributed by atoms with van der Waals surface area (Å²) in [5, 5.41) is 0. The number of quaternary nitrogens is 1. The van der Waals surface area contributed by atoms with Gasteiger partial charge in [0.2, 0.25) is 0 Å². The summed E-state index contributed by atoms with van der Waals surface area (Å²) < 4.78 is 0.398. The van der Waals surface area contributed by atoms with E-state index in [2.05, 4.69) is 0 Å². The third-order valence-electron chi connectivity index (χ3n) is 2.82. The molecule has 0 heterocycles. The molecule has 0 aromatic rings. The zero-order chi connectivity index (χ0) is 9.90. The van der Waals surface area contributed by atoms with Gasteiger partial charge in [0.1, 0.15) is 20.1 Å². The molecule has 1 aliphatic rings. The van der Waals surface area contributed by atoms with Gasteiger partial charge in [-0.2, -0.15) is 0 Å². The highest BCUT2D eigenvalue weighted by atomic mass is 35.5. The van der Waals surface area contributed by atoms with E-state index in [4.69, 9.17) is 4.84 Å². The number of hydroxylamine groups is 3. The van der Waals surface area contributed by atoms with Gasteiger partial charge < -0.3 is 12.4 Å². The maximum Gasteiger partial charge on any atom is 0.363 e. The summed E-state index contributed by atoms with van der Waals surface area (Å²) in [4.78, 5) is 16.1. The molecule has 1 aliphatic carbocycles. The smallest absolute Gasteiger partial charge is 0.363 e. The third kappa shape index (κ3) is 3.84. The Kier molecular flexibility index (Phi) is 5.45. The lowest BCUT2D eigenvalue weighted by Gasteiger charge is -2.35. The molecule has 1 fully saturated rings. The molecule has 3 nitrogen and oxygen atoms in total. The van der Waals surface area contributed by atoms with E-state index in [0.717, 1.165) is 0 Å². The maximum absolute atomic E-state index is 10.9. The second kappa shape index (κ2) is 5.56. The van der Waals surface area contributed by atoms with Gasteiger partial charge in [-0.25, -0.2) is 4.79 Å². The van der Waals surface area contributed by atoms with Crippen LogP contribution in [-0.4, -0.2) is 30.8 Å². The van der Waals surface area contributed by atoms with Gasteiger partial charge in [-0.05, 0) is 12.8 Å². The normalized spacial score (nSPS) is 18.5. The Morgan fingerprint density at radius 2 is 1.71 bits per heavy atom. The molecule has 84 valence electrons. The molecule has 0 aliphatic heterocycles. The Labute approximate surface area is 92.4 Å². The molecule has 0 unspecified atom stereocenters. The summed E-state index contributed by atoms with van der Waals surface area (Å²) in [5.41, 5.74) is 0. The predicted octanol–water partition coefficient (Wildman–Crippen LogP) is -1.12. The van der Waals surface area contributed by atoms with E-state index >= 15 is 0 Å². The standard InChI is InChI=1S/C10H20NO2.ClH/c1-9(12)13-11(2,3)10-7-5-4-6-8-10;/h10H,4-8H2,1-3H3;1H/q+1;/p-1. The number of carbonyl (C=O) groups is 1.